The molecule has 3 N–H and O–H groups in total. The van der Waals surface area contributed by atoms with E-state index in [0.717, 1.165) is 6.42 Å². The summed E-state index contributed by atoms with van der Waals surface area (Å²) in [6, 6.07) is 0. The minimum absolute atomic E-state index is 0.295. The van der Waals surface area contributed by atoms with Crippen LogP contribution < -0.4 is 17.0 Å². The Balaban J connectivity index is 3.44. The first-order valence-corrected chi connectivity index (χ1v) is 4.73. The molecule has 0 amide bonds. The van der Waals surface area contributed by atoms with Crippen molar-refractivity contribution in [2.45, 2.75) is 33.2 Å². The third-order valence-corrected chi connectivity index (χ3v) is 2.14. The van der Waals surface area contributed by atoms with Crippen LogP contribution >= 0.6 is 0 Å². The molecule has 78 valence electrons. The summed E-state index contributed by atoms with van der Waals surface area (Å²) < 4.78 is 1.40. The van der Waals surface area contributed by atoms with Gasteiger partial charge in [-0.15, -0.1) is 0 Å². The predicted octanol–water partition coefficient (Wildman–Crippen LogP) is 0.0912. The quantitative estimate of drug-likeness (QED) is 0.720. The summed E-state index contributed by atoms with van der Waals surface area (Å²) in [5.41, 5.74) is 5.41. The van der Waals surface area contributed by atoms with Crippen LogP contribution in [0, 0.1) is 0 Å². The van der Waals surface area contributed by atoms with Crippen molar-refractivity contribution < 1.29 is 0 Å². The predicted molar refractivity (Wildman–Crippen MR) is 55.4 cm³/mol. The van der Waals surface area contributed by atoms with E-state index in [9.17, 15) is 9.59 Å². The smallest absolute Gasteiger partial charge is 0.329 e. The number of nitrogens with two attached hydrogens (primary N) is 1. The number of anilines is 1. The maximum atomic E-state index is 11.3. The topological polar surface area (TPSA) is 80.9 Å². The number of nitrogens with zero attached hydrogens (tertiary/aromatic N) is 1. The molecule has 5 nitrogen and oxygen atoms in total. The van der Waals surface area contributed by atoms with Gasteiger partial charge in [0.1, 0.15) is 5.82 Å². The van der Waals surface area contributed by atoms with Crippen LogP contribution in [0.5, 0.6) is 0 Å². The van der Waals surface area contributed by atoms with E-state index in [-0.39, 0.29) is 5.56 Å². The summed E-state index contributed by atoms with van der Waals surface area (Å²) in [5.74, 6) is 0.295. The number of aromatic nitrogens is 2. The zero-order valence-corrected chi connectivity index (χ0v) is 8.46. The molecule has 0 aliphatic heterocycles. The third kappa shape index (κ3) is 1.71. The van der Waals surface area contributed by atoms with Gasteiger partial charge in [-0.1, -0.05) is 13.8 Å². The van der Waals surface area contributed by atoms with E-state index in [2.05, 4.69) is 4.98 Å². The Kier molecular flexibility index (Phi) is 3.11. The summed E-state index contributed by atoms with van der Waals surface area (Å²) in [7, 11) is 0. The summed E-state index contributed by atoms with van der Waals surface area (Å²) in [6.07, 6.45) is 1.34. The van der Waals surface area contributed by atoms with E-state index in [1.165, 1.54) is 4.57 Å². The fourth-order valence-electron chi connectivity index (χ4n) is 1.42. The maximum absolute atomic E-state index is 11.3. The second kappa shape index (κ2) is 4.13. The highest BCUT2D eigenvalue weighted by Crippen LogP contribution is 2.04. The molecule has 0 unspecified atom stereocenters. The van der Waals surface area contributed by atoms with Gasteiger partial charge in [-0.25, -0.2) is 4.79 Å². The Bertz CT molecular complexity index is 431. The van der Waals surface area contributed by atoms with Gasteiger partial charge in [0.25, 0.3) is 5.56 Å². The van der Waals surface area contributed by atoms with Crippen LogP contribution in [0.2, 0.25) is 0 Å². The van der Waals surface area contributed by atoms with Gasteiger partial charge < -0.3 is 5.73 Å². The van der Waals surface area contributed by atoms with Crippen molar-refractivity contribution in [3.05, 3.63) is 26.4 Å². The first-order valence-electron chi connectivity index (χ1n) is 4.73. The fourth-order valence-corrected chi connectivity index (χ4v) is 1.42. The van der Waals surface area contributed by atoms with Crippen molar-refractivity contribution in [3.8, 4) is 0 Å². The summed E-state index contributed by atoms with van der Waals surface area (Å²) in [6.45, 7) is 4.32. The van der Waals surface area contributed by atoms with Crippen LogP contribution in [0.3, 0.4) is 0 Å². The van der Waals surface area contributed by atoms with E-state index in [4.69, 9.17) is 5.73 Å². The van der Waals surface area contributed by atoms with Crippen molar-refractivity contribution in [1.29, 1.82) is 0 Å². The normalized spacial score (nSPS) is 10.4. The second-order valence-corrected chi connectivity index (χ2v) is 3.13. The van der Waals surface area contributed by atoms with Gasteiger partial charge in [-0.3, -0.25) is 14.3 Å². The monoisotopic (exact) mass is 197 g/mol. The largest absolute Gasteiger partial charge is 0.385 e. The Morgan fingerprint density at radius 1 is 1.36 bits per heavy atom. The lowest BCUT2D eigenvalue weighted by atomic mass is 10.2. The molecule has 0 fully saturated rings. The van der Waals surface area contributed by atoms with Gasteiger partial charge in [-0.05, 0) is 12.8 Å². The number of rotatable bonds is 3. The standard InChI is InChI=1S/C9H15N3O2/c1-3-5-12-7(10)6(4-2)8(13)11-9(12)14/h3-5,10H2,1-2H3,(H,11,13,14). The summed E-state index contributed by atoms with van der Waals surface area (Å²) >= 11 is 0. The number of H-pyrrole nitrogens is 1. The highest BCUT2D eigenvalue weighted by molar-refractivity contribution is 5.38. The molecular weight excluding hydrogens is 182 g/mol. The molecule has 1 rings (SSSR count). The van der Waals surface area contributed by atoms with Crippen molar-refractivity contribution in [2.24, 2.45) is 0 Å². The van der Waals surface area contributed by atoms with E-state index in [0.29, 0.717) is 24.3 Å². The maximum Gasteiger partial charge on any atom is 0.329 e. The average molecular weight is 197 g/mol. The molecule has 0 aliphatic carbocycles. The number of nitrogens with one attached hydrogen (secondary N) is 1. The molecular formula is C9H15N3O2. The van der Waals surface area contributed by atoms with Gasteiger partial charge in [0.15, 0.2) is 0 Å². The minimum atomic E-state index is -0.424. The van der Waals surface area contributed by atoms with E-state index in [1.807, 2.05) is 13.8 Å². The van der Waals surface area contributed by atoms with Gasteiger partial charge in [0.2, 0.25) is 0 Å². The zero-order valence-electron chi connectivity index (χ0n) is 8.46. The average Bonchev–Trinajstić information content (AvgIpc) is 2.12. The number of nitrogen functional groups attached to an aromatic ring is 1. The van der Waals surface area contributed by atoms with Gasteiger partial charge in [-0.2, -0.15) is 0 Å². The summed E-state index contributed by atoms with van der Waals surface area (Å²) in [4.78, 5) is 24.9. The molecule has 0 bridgehead atoms. The number of hydrogen-bond acceptors (Lipinski definition) is 3. The Morgan fingerprint density at radius 3 is 2.50 bits per heavy atom. The lowest BCUT2D eigenvalue weighted by Gasteiger charge is -2.09. The molecule has 1 aromatic rings. The van der Waals surface area contributed by atoms with Crippen LogP contribution in [-0.4, -0.2) is 9.55 Å². The number of hydrogen-bond donors (Lipinski definition) is 2. The molecule has 0 atom stereocenters. The Hall–Kier alpha value is -1.52. The fraction of sp³-hybridized carbons (Fsp3) is 0.556. The minimum Gasteiger partial charge on any atom is -0.385 e. The Morgan fingerprint density at radius 2 is 2.00 bits per heavy atom. The number of aromatic amines is 1. The van der Waals surface area contributed by atoms with Crippen molar-refractivity contribution in [1.82, 2.24) is 9.55 Å². The molecule has 0 saturated heterocycles. The zero-order chi connectivity index (χ0) is 10.7. The SMILES string of the molecule is CCCn1c(N)c(CC)c(=O)[nH]c1=O. The lowest BCUT2D eigenvalue weighted by Crippen LogP contribution is -2.34. The molecule has 1 aromatic heterocycles. The third-order valence-electron chi connectivity index (χ3n) is 2.14. The van der Waals surface area contributed by atoms with E-state index < -0.39 is 5.69 Å². The van der Waals surface area contributed by atoms with Crippen LogP contribution in [-0.2, 0) is 13.0 Å². The molecule has 1 heterocycles. The summed E-state index contributed by atoms with van der Waals surface area (Å²) in [5, 5.41) is 0. The van der Waals surface area contributed by atoms with Gasteiger partial charge in [0.05, 0.1) is 5.56 Å². The van der Waals surface area contributed by atoms with Crippen LogP contribution in [0.15, 0.2) is 9.59 Å². The molecule has 5 heteroatoms. The molecule has 0 aromatic carbocycles. The van der Waals surface area contributed by atoms with Crippen LogP contribution in [0.4, 0.5) is 5.82 Å². The molecule has 0 spiro atoms. The van der Waals surface area contributed by atoms with Crippen LogP contribution in [0.25, 0.3) is 0 Å². The first-order chi connectivity index (χ1) is 6.61. The van der Waals surface area contributed by atoms with E-state index >= 15 is 0 Å². The van der Waals surface area contributed by atoms with Crippen molar-refractivity contribution >= 4 is 5.82 Å². The van der Waals surface area contributed by atoms with E-state index in [1.54, 1.807) is 0 Å². The molecule has 0 aliphatic rings. The highest BCUT2D eigenvalue weighted by Gasteiger charge is 2.08. The first kappa shape index (κ1) is 10.6. The van der Waals surface area contributed by atoms with Crippen molar-refractivity contribution in [2.75, 3.05) is 5.73 Å². The van der Waals surface area contributed by atoms with Crippen LogP contribution in [0.1, 0.15) is 25.8 Å². The molecule has 0 saturated carbocycles. The highest BCUT2D eigenvalue weighted by atomic mass is 16.2. The van der Waals surface area contributed by atoms with Crippen molar-refractivity contribution in [3.63, 3.8) is 0 Å². The second-order valence-electron chi connectivity index (χ2n) is 3.13. The lowest BCUT2D eigenvalue weighted by molar-refractivity contribution is 0.635. The van der Waals surface area contributed by atoms with Gasteiger partial charge in [0, 0.05) is 6.54 Å². The molecule has 0 radical (unpaired) electrons. The molecule has 14 heavy (non-hydrogen) atoms. The Labute approximate surface area is 81.6 Å². The van der Waals surface area contributed by atoms with Gasteiger partial charge >= 0.3 is 5.69 Å².